The van der Waals surface area contributed by atoms with Gasteiger partial charge in [0.15, 0.2) is 0 Å². The molecule has 0 radical (unpaired) electrons. The Morgan fingerprint density at radius 2 is 2.00 bits per heavy atom. The van der Waals surface area contributed by atoms with Crippen molar-refractivity contribution < 1.29 is 4.79 Å². The maximum Gasteiger partial charge on any atom is 0.229 e. The average molecular weight is 338 g/mol. The summed E-state index contributed by atoms with van der Waals surface area (Å²) in [5.41, 5.74) is 4.72. The molecular formula is C20H26N4O. The van der Waals surface area contributed by atoms with Gasteiger partial charge in [0.05, 0.1) is 18.2 Å². The lowest BCUT2D eigenvalue weighted by Gasteiger charge is -2.40. The van der Waals surface area contributed by atoms with E-state index in [4.69, 9.17) is 0 Å². The first-order chi connectivity index (χ1) is 12.2. The van der Waals surface area contributed by atoms with Crippen molar-refractivity contribution in [3.63, 3.8) is 0 Å². The molecule has 1 aromatic carbocycles. The molecule has 132 valence electrons. The summed E-state index contributed by atoms with van der Waals surface area (Å²) in [5.74, 6) is 0.196. The Morgan fingerprint density at radius 3 is 2.84 bits per heavy atom. The first-order valence-electron chi connectivity index (χ1n) is 9.30. The van der Waals surface area contributed by atoms with E-state index < -0.39 is 0 Å². The van der Waals surface area contributed by atoms with Crippen LogP contribution in [0.4, 0.5) is 0 Å². The normalized spacial score (nSPS) is 21.2. The molecule has 1 unspecified atom stereocenters. The second-order valence-electron chi connectivity index (χ2n) is 7.29. The van der Waals surface area contributed by atoms with Crippen LogP contribution in [0.25, 0.3) is 0 Å². The minimum absolute atomic E-state index is 0.127. The Morgan fingerprint density at radius 1 is 1.20 bits per heavy atom. The van der Waals surface area contributed by atoms with E-state index in [-0.39, 0.29) is 11.9 Å². The smallest absolute Gasteiger partial charge is 0.229 e. The first kappa shape index (κ1) is 16.3. The van der Waals surface area contributed by atoms with Crippen LogP contribution < -0.4 is 0 Å². The van der Waals surface area contributed by atoms with Crippen molar-refractivity contribution in [2.24, 2.45) is 0 Å². The molecule has 1 fully saturated rings. The van der Waals surface area contributed by atoms with E-state index in [0.29, 0.717) is 6.42 Å². The highest BCUT2D eigenvalue weighted by atomic mass is 16.2. The Hall–Kier alpha value is -2.14. The summed E-state index contributed by atoms with van der Waals surface area (Å²) in [6, 6.07) is 10.5. The number of rotatable bonds is 3. The van der Waals surface area contributed by atoms with Gasteiger partial charge < -0.3 is 9.80 Å². The highest BCUT2D eigenvalue weighted by Gasteiger charge is 2.31. The highest BCUT2D eigenvalue weighted by Crippen LogP contribution is 2.27. The molecule has 5 nitrogen and oxygen atoms in total. The Bertz CT molecular complexity index is 739. The fourth-order valence-electron chi connectivity index (χ4n) is 4.12. The third-order valence-corrected chi connectivity index (χ3v) is 5.55. The van der Waals surface area contributed by atoms with Gasteiger partial charge in [0, 0.05) is 25.3 Å². The van der Waals surface area contributed by atoms with Gasteiger partial charge in [0.2, 0.25) is 5.91 Å². The fourth-order valence-corrected chi connectivity index (χ4v) is 4.12. The van der Waals surface area contributed by atoms with E-state index in [1.54, 1.807) is 0 Å². The van der Waals surface area contributed by atoms with Gasteiger partial charge in [-0.15, -0.1) is 0 Å². The third-order valence-electron chi connectivity index (χ3n) is 5.55. The largest absolute Gasteiger partial charge is 0.333 e. The maximum atomic E-state index is 13.1. The molecule has 25 heavy (non-hydrogen) atoms. The summed E-state index contributed by atoms with van der Waals surface area (Å²) in [5, 5.41) is 7.62. The molecule has 5 heteroatoms. The van der Waals surface area contributed by atoms with Crippen LogP contribution >= 0.6 is 0 Å². The third kappa shape index (κ3) is 3.33. The van der Waals surface area contributed by atoms with E-state index in [2.05, 4.69) is 51.3 Å². The summed E-state index contributed by atoms with van der Waals surface area (Å²) in [6.07, 6.45) is 4.96. The van der Waals surface area contributed by atoms with Crippen LogP contribution in [0, 0.1) is 0 Å². The minimum atomic E-state index is 0.127. The number of piperazine rings is 1. The Kier molecular flexibility index (Phi) is 4.57. The monoisotopic (exact) mass is 338 g/mol. The van der Waals surface area contributed by atoms with Gasteiger partial charge in [-0.05, 0) is 43.9 Å². The zero-order chi connectivity index (χ0) is 17.2. The lowest BCUT2D eigenvalue weighted by molar-refractivity contribution is -0.135. The summed E-state index contributed by atoms with van der Waals surface area (Å²) in [4.78, 5) is 17.5. The van der Waals surface area contributed by atoms with Crippen molar-refractivity contribution in [2.45, 2.75) is 38.1 Å². The second-order valence-corrected chi connectivity index (χ2v) is 7.29. The van der Waals surface area contributed by atoms with Crippen LogP contribution in [0.2, 0.25) is 0 Å². The number of carbonyl (C=O) groups is 1. The number of fused-ring (bicyclic) bond motifs is 1. The van der Waals surface area contributed by atoms with Crippen molar-refractivity contribution >= 4 is 5.91 Å². The van der Waals surface area contributed by atoms with Crippen molar-refractivity contribution in [3.8, 4) is 0 Å². The van der Waals surface area contributed by atoms with Crippen LogP contribution in [0.3, 0.4) is 0 Å². The molecule has 1 atom stereocenters. The number of nitrogens with one attached hydrogen (secondary N) is 1. The number of H-pyrrole nitrogens is 1. The van der Waals surface area contributed by atoms with Gasteiger partial charge in [-0.1, -0.05) is 30.3 Å². The number of hydrogen-bond donors (Lipinski definition) is 1. The summed E-state index contributed by atoms with van der Waals surface area (Å²) in [7, 11) is 2.13. The van der Waals surface area contributed by atoms with Gasteiger partial charge in [0.25, 0.3) is 0 Å². The van der Waals surface area contributed by atoms with Gasteiger partial charge in [-0.25, -0.2) is 0 Å². The number of hydrogen-bond acceptors (Lipinski definition) is 3. The quantitative estimate of drug-likeness (QED) is 0.935. The van der Waals surface area contributed by atoms with Crippen molar-refractivity contribution in [1.29, 1.82) is 0 Å². The minimum Gasteiger partial charge on any atom is -0.333 e. The standard InChI is InChI=1S/C20H26N4O/c1-23-11-12-24(19(14-23)15-7-3-2-4-8-15)20(25)13-18-16-9-5-6-10-17(16)21-22-18/h2-4,7-8,19H,5-6,9-14H2,1H3,(H,21,22). The van der Waals surface area contributed by atoms with E-state index in [1.807, 2.05) is 6.07 Å². The van der Waals surface area contributed by atoms with Gasteiger partial charge in [-0.3, -0.25) is 9.89 Å². The van der Waals surface area contributed by atoms with E-state index in [1.165, 1.54) is 29.7 Å². The number of carbonyl (C=O) groups excluding carboxylic acids is 1. The molecule has 2 aromatic rings. The molecule has 2 aliphatic rings. The fraction of sp³-hybridized carbons (Fsp3) is 0.500. The number of aromatic amines is 1. The predicted octanol–water partition coefficient (Wildman–Crippen LogP) is 2.35. The van der Waals surface area contributed by atoms with Crippen LogP contribution in [0.5, 0.6) is 0 Å². The first-order valence-corrected chi connectivity index (χ1v) is 9.30. The highest BCUT2D eigenvalue weighted by molar-refractivity contribution is 5.79. The topological polar surface area (TPSA) is 52.2 Å². The summed E-state index contributed by atoms with van der Waals surface area (Å²) in [6.45, 7) is 2.59. The SMILES string of the molecule is CN1CCN(C(=O)Cc2n[nH]c3c2CCCC3)C(c2ccccc2)C1. The number of nitrogens with zero attached hydrogens (tertiary/aromatic N) is 3. The van der Waals surface area contributed by atoms with Crippen LogP contribution in [0.1, 0.15) is 41.4 Å². The van der Waals surface area contributed by atoms with Crippen molar-refractivity contribution in [1.82, 2.24) is 20.0 Å². The molecule has 1 amide bonds. The summed E-state index contributed by atoms with van der Waals surface area (Å²) < 4.78 is 0. The molecule has 1 N–H and O–H groups in total. The molecule has 1 aliphatic heterocycles. The second kappa shape index (κ2) is 7.00. The van der Waals surface area contributed by atoms with Gasteiger partial charge in [-0.2, -0.15) is 5.10 Å². The molecule has 1 aliphatic carbocycles. The van der Waals surface area contributed by atoms with Crippen molar-refractivity contribution in [3.05, 3.63) is 52.8 Å². The molecule has 0 saturated carbocycles. The number of benzene rings is 1. The number of amides is 1. The van der Waals surface area contributed by atoms with Crippen LogP contribution in [0.15, 0.2) is 30.3 Å². The number of likely N-dealkylation sites (N-methyl/N-ethyl adjacent to an activating group) is 1. The predicted molar refractivity (Wildman–Crippen MR) is 97.3 cm³/mol. The molecule has 1 aromatic heterocycles. The molecule has 4 rings (SSSR count). The van der Waals surface area contributed by atoms with E-state index in [0.717, 1.165) is 38.2 Å². The van der Waals surface area contributed by atoms with Crippen molar-refractivity contribution in [2.75, 3.05) is 26.7 Å². The summed E-state index contributed by atoms with van der Waals surface area (Å²) >= 11 is 0. The average Bonchev–Trinajstić information content (AvgIpc) is 3.05. The van der Waals surface area contributed by atoms with Crippen LogP contribution in [-0.2, 0) is 24.1 Å². The van der Waals surface area contributed by atoms with Gasteiger partial charge >= 0.3 is 0 Å². The maximum absolute atomic E-state index is 13.1. The van der Waals surface area contributed by atoms with E-state index in [9.17, 15) is 4.79 Å². The lowest BCUT2D eigenvalue weighted by Crippen LogP contribution is -2.49. The Balaban J connectivity index is 1.54. The molecular weight excluding hydrogens is 312 g/mol. The zero-order valence-corrected chi connectivity index (χ0v) is 14.9. The van der Waals surface area contributed by atoms with E-state index >= 15 is 0 Å². The molecule has 0 spiro atoms. The molecule has 0 bridgehead atoms. The van der Waals surface area contributed by atoms with Crippen LogP contribution in [-0.4, -0.2) is 52.6 Å². The number of aryl methyl sites for hydroxylation is 1. The number of aromatic nitrogens is 2. The molecule has 1 saturated heterocycles. The van der Waals surface area contributed by atoms with Gasteiger partial charge in [0.1, 0.15) is 0 Å². The Labute approximate surface area is 149 Å². The molecule has 2 heterocycles. The zero-order valence-electron chi connectivity index (χ0n) is 14.9. The lowest BCUT2D eigenvalue weighted by atomic mass is 9.94.